The predicted octanol–water partition coefficient (Wildman–Crippen LogP) is 13.7. The summed E-state index contributed by atoms with van der Waals surface area (Å²) in [7, 11) is 0. The van der Waals surface area contributed by atoms with Gasteiger partial charge in [-0.3, -0.25) is 0 Å². The number of hydrogen-bond acceptors (Lipinski definition) is 1. The summed E-state index contributed by atoms with van der Waals surface area (Å²) in [6.45, 7) is 0. The molecule has 0 spiro atoms. The molecule has 0 N–H and O–H groups in total. The van der Waals surface area contributed by atoms with Gasteiger partial charge in [-0.1, -0.05) is 157 Å². The van der Waals surface area contributed by atoms with Crippen molar-refractivity contribution in [1.82, 2.24) is 0 Å². The molecule has 0 saturated carbocycles. The van der Waals surface area contributed by atoms with E-state index in [2.05, 4.69) is 6.07 Å². The van der Waals surface area contributed by atoms with Crippen LogP contribution in [0.2, 0.25) is 0 Å². The third-order valence-corrected chi connectivity index (χ3v) is 8.90. The molecule has 0 aliphatic rings. The second-order valence-corrected chi connectivity index (χ2v) is 11.6. The van der Waals surface area contributed by atoms with Gasteiger partial charge < -0.3 is 4.42 Å². The Labute approximate surface area is 306 Å². The number of para-hydroxylation sites is 1. The molecule has 1 aromatic heterocycles. The zero-order chi connectivity index (χ0) is 46.2. The third-order valence-electron chi connectivity index (χ3n) is 8.90. The average molecular weight is 639 g/mol. The molecule has 1 heterocycles. The minimum absolute atomic E-state index is 0.00407. The first-order valence-corrected chi connectivity index (χ1v) is 15.5. The largest absolute Gasteiger partial charge is 0.455 e. The maximum atomic E-state index is 9.83. The van der Waals surface area contributed by atoms with Crippen LogP contribution >= 0.6 is 0 Å². The number of furan rings is 1. The Bertz CT molecular complexity index is 3690. The molecule has 0 radical (unpaired) electrons. The molecule has 0 atom stereocenters. The Morgan fingerprint density at radius 2 is 1.04 bits per heavy atom. The number of benzene rings is 9. The summed E-state index contributed by atoms with van der Waals surface area (Å²) in [6.07, 6.45) is 0. The van der Waals surface area contributed by atoms with E-state index >= 15 is 0 Å². The van der Waals surface area contributed by atoms with Crippen molar-refractivity contribution >= 4 is 54.3 Å². The normalized spacial score (nSPS) is 16.2. The molecule has 10 rings (SSSR count). The fourth-order valence-electron chi connectivity index (χ4n) is 6.71. The SMILES string of the molecule is [2H]c1cc([2H])c(-c2c3c([2H])c([2H])c([2H])c([2H])c3c(-c3c([2H])c([2H])c([2H])c([2H])c3[2H])c3c([2H])c([2H])c([2H])c([2H])c23)c([2H])c1-c1ccc2oc3c(-c4ccc5ccccc5c4)cccc3c2c1. The summed E-state index contributed by atoms with van der Waals surface area (Å²) < 4.78 is 150. The van der Waals surface area contributed by atoms with E-state index in [1.165, 1.54) is 0 Å². The van der Waals surface area contributed by atoms with E-state index in [0.717, 1.165) is 33.4 Å². The van der Waals surface area contributed by atoms with Crippen LogP contribution in [0.3, 0.4) is 0 Å². The molecule has 0 aliphatic carbocycles. The van der Waals surface area contributed by atoms with Crippen molar-refractivity contribution in [2.24, 2.45) is 0 Å². The van der Waals surface area contributed by atoms with Gasteiger partial charge in [0.05, 0.1) is 21.9 Å². The lowest BCUT2D eigenvalue weighted by Crippen LogP contribution is -1.91. The van der Waals surface area contributed by atoms with Crippen LogP contribution < -0.4 is 0 Å². The molecule has 1 nitrogen and oxygen atoms in total. The molecule has 0 aliphatic heterocycles. The highest BCUT2D eigenvalue weighted by atomic mass is 16.3. The van der Waals surface area contributed by atoms with Crippen LogP contribution in [0.1, 0.15) is 21.9 Å². The lowest BCUT2D eigenvalue weighted by Gasteiger charge is -2.18. The molecule has 0 unspecified atom stereocenters. The van der Waals surface area contributed by atoms with Gasteiger partial charge in [-0.15, -0.1) is 0 Å². The van der Waals surface area contributed by atoms with E-state index in [0.29, 0.717) is 22.1 Å². The fraction of sp³-hybridized carbons (Fsp3) is 0. The topological polar surface area (TPSA) is 13.1 Å². The van der Waals surface area contributed by atoms with E-state index in [4.69, 9.17) is 18.1 Å². The van der Waals surface area contributed by atoms with Gasteiger partial charge in [-0.2, -0.15) is 0 Å². The van der Waals surface area contributed by atoms with Crippen LogP contribution in [0, 0.1) is 0 Å². The van der Waals surface area contributed by atoms with Gasteiger partial charge in [-0.05, 0) is 95.5 Å². The molecule has 228 valence electrons. The van der Waals surface area contributed by atoms with Crippen LogP contribution in [0.15, 0.2) is 186 Å². The molecular formula is C48H30O. The highest BCUT2D eigenvalue weighted by molar-refractivity contribution is 6.21. The second kappa shape index (κ2) is 11.1. The highest BCUT2D eigenvalue weighted by Gasteiger charge is 2.18. The van der Waals surface area contributed by atoms with Gasteiger partial charge in [0.25, 0.3) is 0 Å². The summed E-state index contributed by atoms with van der Waals surface area (Å²) in [6, 6.07) is 14.9. The van der Waals surface area contributed by atoms with Crippen molar-refractivity contribution in [3.8, 4) is 44.5 Å². The van der Waals surface area contributed by atoms with Crippen LogP contribution in [0.25, 0.3) is 98.8 Å². The Kier molecular flexibility index (Phi) is 3.64. The minimum atomic E-state index is -0.794. The van der Waals surface area contributed by atoms with Crippen LogP contribution in [0.4, 0.5) is 0 Å². The van der Waals surface area contributed by atoms with Crippen molar-refractivity contribution in [3.05, 3.63) is 182 Å². The van der Waals surface area contributed by atoms with Crippen molar-refractivity contribution in [1.29, 1.82) is 0 Å². The Morgan fingerprint density at radius 1 is 0.388 bits per heavy atom. The molecule has 0 bridgehead atoms. The predicted molar refractivity (Wildman–Crippen MR) is 208 cm³/mol. The number of rotatable bonds is 4. The molecule has 10 aromatic rings. The Hall–Kier alpha value is -6.44. The standard InChI is InChI=1S/C48H30O/c1-2-13-32(14-3-1)46-39-18-6-8-20-41(39)47(42-21-9-7-19-40(42)46)37-17-10-16-34(29-37)35-26-27-45-44(30-35)43-23-11-22-38(48(43)49-45)36-25-24-31-12-4-5-15-33(31)28-36/h1-30H/i1D,2D,3D,6D,7D,8D,9D,13D,14D,16D,17D,18D,19D,20D,21D,29D. The van der Waals surface area contributed by atoms with E-state index in [1.54, 1.807) is 18.2 Å². The van der Waals surface area contributed by atoms with E-state index < -0.39 is 123 Å². The van der Waals surface area contributed by atoms with Gasteiger partial charge in [0.15, 0.2) is 0 Å². The fourth-order valence-corrected chi connectivity index (χ4v) is 6.71. The van der Waals surface area contributed by atoms with Crippen molar-refractivity contribution in [2.75, 3.05) is 0 Å². The second-order valence-electron chi connectivity index (χ2n) is 11.6. The summed E-state index contributed by atoms with van der Waals surface area (Å²) in [5.74, 6) is 0. The number of hydrogen-bond donors (Lipinski definition) is 0. The molecule has 0 saturated heterocycles. The molecule has 0 amide bonds. The summed E-state index contributed by atoms with van der Waals surface area (Å²) in [4.78, 5) is 0. The lowest BCUT2D eigenvalue weighted by atomic mass is 9.85. The first kappa shape index (κ1) is 16.1. The van der Waals surface area contributed by atoms with Crippen LogP contribution in [0.5, 0.6) is 0 Å². The molecular weight excluding hydrogens is 593 g/mol. The van der Waals surface area contributed by atoms with Crippen molar-refractivity contribution in [3.63, 3.8) is 0 Å². The zero-order valence-electron chi connectivity index (χ0n) is 41.5. The smallest absolute Gasteiger partial charge is 0.143 e. The third kappa shape index (κ3) is 4.47. The van der Waals surface area contributed by atoms with Crippen LogP contribution in [-0.2, 0) is 0 Å². The zero-order valence-corrected chi connectivity index (χ0v) is 25.5. The molecule has 9 aromatic carbocycles. The van der Waals surface area contributed by atoms with Gasteiger partial charge in [0, 0.05) is 16.3 Å². The summed E-state index contributed by atoms with van der Waals surface area (Å²) >= 11 is 0. The van der Waals surface area contributed by atoms with Crippen LogP contribution in [-0.4, -0.2) is 0 Å². The minimum Gasteiger partial charge on any atom is -0.455 e. The average Bonchev–Trinajstić information content (AvgIpc) is 3.68. The molecule has 49 heavy (non-hydrogen) atoms. The summed E-state index contributed by atoms with van der Waals surface area (Å²) in [5.41, 5.74) is 1.52. The van der Waals surface area contributed by atoms with E-state index in [1.807, 2.05) is 54.6 Å². The molecule has 0 fully saturated rings. The van der Waals surface area contributed by atoms with Gasteiger partial charge in [0.2, 0.25) is 0 Å². The lowest BCUT2D eigenvalue weighted by molar-refractivity contribution is 0.670. The maximum Gasteiger partial charge on any atom is 0.143 e. The van der Waals surface area contributed by atoms with Crippen molar-refractivity contribution in [2.45, 2.75) is 0 Å². The Balaban J connectivity index is 1.32. The van der Waals surface area contributed by atoms with Gasteiger partial charge in [0.1, 0.15) is 11.2 Å². The van der Waals surface area contributed by atoms with Crippen molar-refractivity contribution < 1.29 is 26.3 Å². The monoisotopic (exact) mass is 638 g/mol. The first-order valence-electron chi connectivity index (χ1n) is 23.5. The first-order chi connectivity index (χ1) is 30.9. The van der Waals surface area contributed by atoms with Gasteiger partial charge >= 0.3 is 0 Å². The maximum absolute atomic E-state index is 9.83. The quantitative estimate of drug-likeness (QED) is 0.175. The highest BCUT2D eigenvalue weighted by Crippen LogP contribution is 2.44. The molecule has 1 heteroatoms. The van der Waals surface area contributed by atoms with E-state index in [9.17, 15) is 8.22 Å². The Morgan fingerprint density at radius 3 is 1.80 bits per heavy atom. The number of fused-ring (bicyclic) bond motifs is 6. The van der Waals surface area contributed by atoms with E-state index in [-0.39, 0.29) is 22.7 Å². The summed E-state index contributed by atoms with van der Waals surface area (Å²) in [5, 5.41) is 1.79. The van der Waals surface area contributed by atoms with Gasteiger partial charge in [-0.25, -0.2) is 0 Å².